The van der Waals surface area contributed by atoms with Crippen molar-refractivity contribution in [3.05, 3.63) is 58.8 Å². The topological polar surface area (TPSA) is 37.8 Å². The van der Waals surface area contributed by atoms with Crippen LogP contribution >= 0.6 is 11.3 Å². The van der Waals surface area contributed by atoms with Crippen LogP contribution in [-0.4, -0.2) is 9.97 Å². The summed E-state index contributed by atoms with van der Waals surface area (Å²) >= 11 is 1.63. The predicted octanol–water partition coefficient (Wildman–Crippen LogP) is 2.98. The molecule has 0 atom stereocenters. The first-order valence-electron chi connectivity index (χ1n) is 5.82. The lowest BCUT2D eigenvalue weighted by molar-refractivity contribution is 0.683. The summed E-state index contributed by atoms with van der Waals surface area (Å²) in [5.74, 6) is 0. The Morgan fingerprint density at radius 3 is 3.00 bits per heavy atom. The summed E-state index contributed by atoms with van der Waals surface area (Å²) in [7, 11) is 0. The molecule has 0 aliphatic rings. The molecule has 2 heterocycles. The van der Waals surface area contributed by atoms with Crippen LogP contribution in [0.3, 0.4) is 0 Å². The molecule has 0 aliphatic heterocycles. The molecule has 2 aromatic heterocycles. The molecule has 0 bridgehead atoms. The van der Waals surface area contributed by atoms with Gasteiger partial charge in [-0.25, -0.2) is 4.98 Å². The first-order valence-corrected chi connectivity index (χ1v) is 6.76. The van der Waals surface area contributed by atoms with Crippen LogP contribution in [0.4, 0.5) is 0 Å². The normalized spacial score (nSPS) is 10.9. The van der Waals surface area contributed by atoms with Crippen LogP contribution in [0.25, 0.3) is 10.8 Å². The quantitative estimate of drug-likeness (QED) is 0.779. The van der Waals surface area contributed by atoms with Crippen molar-refractivity contribution >= 4 is 22.1 Å². The molecule has 3 rings (SSSR count). The van der Waals surface area contributed by atoms with E-state index in [2.05, 4.69) is 38.9 Å². The number of benzene rings is 1. The highest BCUT2D eigenvalue weighted by Crippen LogP contribution is 2.14. The molecular formula is C14H13N3S. The average molecular weight is 255 g/mol. The van der Waals surface area contributed by atoms with Gasteiger partial charge in [0.25, 0.3) is 0 Å². The molecule has 90 valence electrons. The number of hydrogen-bond acceptors (Lipinski definition) is 4. The van der Waals surface area contributed by atoms with Gasteiger partial charge >= 0.3 is 0 Å². The van der Waals surface area contributed by atoms with Crippen LogP contribution in [0, 0.1) is 0 Å². The van der Waals surface area contributed by atoms with Crippen molar-refractivity contribution in [2.75, 3.05) is 0 Å². The third-order valence-electron chi connectivity index (χ3n) is 2.82. The number of fused-ring (bicyclic) bond motifs is 1. The van der Waals surface area contributed by atoms with E-state index in [-0.39, 0.29) is 0 Å². The molecule has 3 nitrogen and oxygen atoms in total. The Bertz CT molecular complexity index is 634. The van der Waals surface area contributed by atoms with E-state index in [0.29, 0.717) is 0 Å². The highest BCUT2D eigenvalue weighted by atomic mass is 32.1. The van der Waals surface area contributed by atoms with Crippen molar-refractivity contribution in [2.45, 2.75) is 13.1 Å². The van der Waals surface area contributed by atoms with E-state index < -0.39 is 0 Å². The lowest BCUT2D eigenvalue weighted by atomic mass is 10.1. The standard InChI is InChI=1S/C14H13N3S/c1-2-13-7-15-4-3-12(13)5-11(1)6-16-8-14-9-18-10-17-14/h1-5,7,9-10,16H,6,8H2. The maximum atomic E-state index is 4.25. The molecule has 0 spiro atoms. The zero-order valence-electron chi connectivity index (χ0n) is 9.84. The van der Waals surface area contributed by atoms with E-state index >= 15 is 0 Å². The van der Waals surface area contributed by atoms with Crippen molar-refractivity contribution in [3.63, 3.8) is 0 Å². The second-order valence-electron chi connectivity index (χ2n) is 4.14. The summed E-state index contributed by atoms with van der Waals surface area (Å²) in [4.78, 5) is 8.36. The van der Waals surface area contributed by atoms with Gasteiger partial charge in [0.15, 0.2) is 0 Å². The van der Waals surface area contributed by atoms with Crippen LogP contribution in [0.5, 0.6) is 0 Å². The van der Waals surface area contributed by atoms with E-state index in [1.54, 1.807) is 11.3 Å². The number of thiazole rings is 1. The third kappa shape index (κ3) is 2.55. The zero-order chi connectivity index (χ0) is 12.2. The molecule has 18 heavy (non-hydrogen) atoms. The summed E-state index contributed by atoms with van der Waals surface area (Å²) < 4.78 is 0. The molecular weight excluding hydrogens is 242 g/mol. The van der Waals surface area contributed by atoms with Gasteiger partial charge in [-0.3, -0.25) is 4.98 Å². The van der Waals surface area contributed by atoms with Crippen LogP contribution in [0.1, 0.15) is 11.3 Å². The minimum atomic E-state index is 0.817. The lowest BCUT2D eigenvalue weighted by Crippen LogP contribution is -2.12. The van der Waals surface area contributed by atoms with E-state index in [1.807, 2.05) is 24.0 Å². The number of hydrogen-bond donors (Lipinski definition) is 1. The minimum Gasteiger partial charge on any atom is -0.307 e. The van der Waals surface area contributed by atoms with E-state index in [1.165, 1.54) is 16.3 Å². The number of aromatic nitrogens is 2. The van der Waals surface area contributed by atoms with Gasteiger partial charge in [0.2, 0.25) is 0 Å². The van der Waals surface area contributed by atoms with Crippen LogP contribution in [0.15, 0.2) is 47.5 Å². The van der Waals surface area contributed by atoms with Crippen LogP contribution in [-0.2, 0) is 13.1 Å². The monoisotopic (exact) mass is 255 g/mol. The number of nitrogens with zero attached hydrogens (tertiary/aromatic N) is 2. The maximum Gasteiger partial charge on any atom is 0.0795 e. The second kappa shape index (κ2) is 5.25. The maximum absolute atomic E-state index is 4.25. The summed E-state index contributed by atoms with van der Waals surface area (Å²) in [6.07, 6.45) is 3.72. The number of rotatable bonds is 4. The fourth-order valence-corrected chi connectivity index (χ4v) is 2.46. The minimum absolute atomic E-state index is 0.817. The van der Waals surface area contributed by atoms with E-state index in [0.717, 1.165) is 18.8 Å². The number of nitrogens with one attached hydrogen (secondary N) is 1. The molecule has 0 aliphatic carbocycles. The fourth-order valence-electron chi connectivity index (χ4n) is 1.90. The highest BCUT2D eigenvalue weighted by molar-refractivity contribution is 7.07. The molecule has 0 saturated heterocycles. The Hall–Kier alpha value is -1.78. The van der Waals surface area contributed by atoms with E-state index in [9.17, 15) is 0 Å². The van der Waals surface area contributed by atoms with Gasteiger partial charge in [0.1, 0.15) is 0 Å². The SMILES string of the molecule is c1cc2cc(CNCc3cscn3)ccc2cn1. The van der Waals surface area contributed by atoms with Gasteiger partial charge in [-0.2, -0.15) is 0 Å². The van der Waals surface area contributed by atoms with Gasteiger partial charge in [-0.15, -0.1) is 11.3 Å². The lowest BCUT2D eigenvalue weighted by Gasteiger charge is -2.04. The second-order valence-corrected chi connectivity index (χ2v) is 4.86. The smallest absolute Gasteiger partial charge is 0.0795 e. The Kier molecular flexibility index (Phi) is 3.30. The van der Waals surface area contributed by atoms with Crippen molar-refractivity contribution < 1.29 is 0 Å². The summed E-state index contributed by atoms with van der Waals surface area (Å²) in [5, 5.41) is 7.88. The predicted molar refractivity (Wildman–Crippen MR) is 74.4 cm³/mol. The Balaban J connectivity index is 1.67. The van der Waals surface area contributed by atoms with Gasteiger partial charge in [-0.1, -0.05) is 12.1 Å². The molecule has 0 radical (unpaired) electrons. The molecule has 0 unspecified atom stereocenters. The van der Waals surface area contributed by atoms with Gasteiger partial charge in [0.05, 0.1) is 11.2 Å². The van der Waals surface area contributed by atoms with Crippen molar-refractivity contribution in [1.82, 2.24) is 15.3 Å². The molecule has 1 aromatic carbocycles. The molecule has 0 fully saturated rings. The molecule has 3 aromatic rings. The fraction of sp³-hybridized carbons (Fsp3) is 0.143. The first kappa shape index (κ1) is 11.3. The Labute approximate surface area is 110 Å². The van der Waals surface area contributed by atoms with Gasteiger partial charge in [-0.05, 0) is 23.1 Å². The Morgan fingerprint density at radius 2 is 2.11 bits per heavy atom. The van der Waals surface area contributed by atoms with Crippen molar-refractivity contribution in [3.8, 4) is 0 Å². The summed E-state index contributed by atoms with van der Waals surface area (Å²) in [5.41, 5.74) is 4.24. The zero-order valence-corrected chi connectivity index (χ0v) is 10.7. The number of pyridine rings is 1. The molecule has 4 heteroatoms. The third-order valence-corrected chi connectivity index (χ3v) is 3.46. The first-order chi connectivity index (χ1) is 8.92. The summed E-state index contributed by atoms with van der Waals surface area (Å²) in [6.45, 7) is 1.67. The average Bonchev–Trinajstić information content (AvgIpc) is 2.92. The van der Waals surface area contributed by atoms with Crippen molar-refractivity contribution in [2.24, 2.45) is 0 Å². The van der Waals surface area contributed by atoms with Crippen molar-refractivity contribution in [1.29, 1.82) is 0 Å². The Morgan fingerprint density at radius 1 is 1.11 bits per heavy atom. The molecule has 0 amide bonds. The largest absolute Gasteiger partial charge is 0.307 e. The molecule has 1 N–H and O–H groups in total. The summed E-state index contributed by atoms with van der Waals surface area (Å²) in [6, 6.07) is 8.49. The molecule has 0 saturated carbocycles. The van der Waals surface area contributed by atoms with Gasteiger partial charge < -0.3 is 5.32 Å². The van der Waals surface area contributed by atoms with E-state index in [4.69, 9.17) is 0 Å². The van der Waals surface area contributed by atoms with Crippen LogP contribution in [0.2, 0.25) is 0 Å². The van der Waals surface area contributed by atoms with Gasteiger partial charge in [0, 0.05) is 36.2 Å². The highest BCUT2D eigenvalue weighted by Gasteiger charge is 1.98. The van der Waals surface area contributed by atoms with Crippen LogP contribution < -0.4 is 5.32 Å².